The molecular formula is C17H19N3O3. The molecule has 1 aliphatic rings. The van der Waals surface area contributed by atoms with Crippen molar-refractivity contribution in [2.45, 2.75) is 31.6 Å². The molecule has 0 radical (unpaired) electrons. The molecule has 6 nitrogen and oxygen atoms in total. The van der Waals surface area contributed by atoms with Crippen molar-refractivity contribution in [1.29, 1.82) is 0 Å². The Morgan fingerprint density at radius 3 is 2.87 bits per heavy atom. The molecule has 0 aliphatic heterocycles. The lowest BCUT2D eigenvalue weighted by Crippen LogP contribution is -2.13. The number of amides is 1. The lowest BCUT2D eigenvalue weighted by molar-refractivity contribution is 0.0978. The molecule has 0 bridgehead atoms. The third-order valence-electron chi connectivity index (χ3n) is 3.79. The van der Waals surface area contributed by atoms with Crippen LogP contribution in [0.4, 0.5) is 5.69 Å². The van der Waals surface area contributed by atoms with Crippen molar-refractivity contribution in [2.75, 3.05) is 11.9 Å². The minimum absolute atomic E-state index is 0.0176. The van der Waals surface area contributed by atoms with E-state index in [4.69, 9.17) is 10.3 Å². The Labute approximate surface area is 134 Å². The molecule has 2 aromatic rings. The molecule has 0 spiro atoms. The minimum Gasteiger partial charge on any atom is -0.360 e. The zero-order valence-corrected chi connectivity index (χ0v) is 12.7. The molecule has 1 saturated carbocycles. The average Bonchev–Trinajstić information content (AvgIpc) is 3.29. The van der Waals surface area contributed by atoms with E-state index in [1.165, 1.54) is 0 Å². The lowest BCUT2D eigenvalue weighted by Gasteiger charge is -2.05. The van der Waals surface area contributed by atoms with E-state index in [0.717, 1.165) is 18.6 Å². The second kappa shape index (κ2) is 6.75. The predicted molar refractivity (Wildman–Crippen MR) is 85.5 cm³/mol. The summed E-state index contributed by atoms with van der Waals surface area (Å²) in [6.07, 6.45) is 3.23. The van der Waals surface area contributed by atoms with Crippen molar-refractivity contribution in [2.24, 2.45) is 5.73 Å². The van der Waals surface area contributed by atoms with Crippen LogP contribution in [0.1, 0.15) is 58.2 Å². The third kappa shape index (κ3) is 3.84. The minimum atomic E-state index is -0.341. The van der Waals surface area contributed by atoms with Crippen molar-refractivity contribution in [3.63, 3.8) is 0 Å². The Morgan fingerprint density at radius 1 is 1.30 bits per heavy atom. The summed E-state index contributed by atoms with van der Waals surface area (Å²) in [7, 11) is 0. The van der Waals surface area contributed by atoms with Crippen LogP contribution in [-0.2, 0) is 0 Å². The molecule has 0 unspecified atom stereocenters. The molecule has 3 rings (SSSR count). The molecule has 0 atom stereocenters. The van der Waals surface area contributed by atoms with Crippen LogP contribution in [0.5, 0.6) is 0 Å². The SMILES string of the molecule is NCCCC(=O)c1cccc(NC(=O)c2cc(C3CC3)on2)c1. The number of Topliss-reactive ketones (excluding diaryl/α,β-unsaturated/α-hetero) is 1. The van der Waals surface area contributed by atoms with E-state index in [1.54, 1.807) is 30.3 Å². The maximum atomic E-state index is 12.2. The lowest BCUT2D eigenvalue weighted by atomic mass is 10.1. The first-order valence-corrected chi connectivity index (χ1v) is 7.78. The third-order valence-corrected chi connectivity index (χ3v) is 3.79. The van der Waals surface area contributed by atoms with E-state index >= 15 is 0 Å². The van der Waals surface area contributed by atoms with E-state index < -0.39 is 0 Å². The Kier molecular flexibility index (Phi) is 4.52. The Hall–Kier alpha value is -2.47. The fourth-order valence-electron chi connectivity index (χ4n) is 2.33. The topological polar surface area (TPSA) is 98.2 Å². The van der Waals surface area contributed by atoms with Crippen molar-refractivity contribution in [1.82, 2.24) is 5.16 Å². The van der Waals surface area contributed by atoms with Gasteiger partial charge in [-0.05, 0) is 37.9 Å². The summed E-state index contributed by atoms with van der Waals surface area (Å²) in [5, 5.41) is 6.55. The van der Waals surface area contributed by atoms with E-state index in [-0.39, 0.29) is 17.4 Å². The van der Waals surface area contributed by atoms with Crippen LogP contribution in [0.25, 0.3) is 0 Å². The van der Waals surface area contributed by atoms with Crippen LogP contribution in [-0.4, -0.2) is 23.4 Å². The summed E-state index contributed by atoms with van der Waals surface area (Å²) >= 11 is 0. The summed E-state index contributed by atoms with van der Waals surface area (Å²) in [5.41, 5.74) is 6.80. The molecule has 0 saturated heterocycles. The number of nitrogens with two attached hydrogens (primary N) is 1. The maximum Gasteiger partial charge on any atom is 0.277 e. The van der Waals surface area contributed by atoms with Crippen LogP contribution in [0.15, 0.2) is 34.9 Å². The molecule has 1 fully saturated rings. The van der Waals surface area contributed by atoms with E-state index in [2.05, 4.69) is 10.5 Å². The van der Waals surface area contributed by atoms with Gasteiger partial charge in [-0.1, -0.05) is 17.3 Å². The largest absolute Gasteiger partial charge is 0.360 e. The van der Waals surface area contributed by atoms with Gasteiger partial charge in [0.2, 0.25) is 0 Å². The number of aromatic nitrogens is 1. The molecule has 1 aliphatic carbocycles. The summed E-state index contributed by atoms with van der Waals surface area (Å²) in [5.74, 6) is 0.851. The zero-order chi connectivity index (χ0) is 16.2. The molecule has 1 aromatic heterocycles. The predicted octanol–water partition coefficient (Wildman–Crippen LogP) is 2.73. The summed E-state index contributed by atoms with van der Waals surface area (Å²) in [6.45, 7) is 0.484. The standard InChI is InChI=1S/C17H19N3O3/c18-8-2-5-15(21)12-3-1-4-13(9-12)19-17(22)14-10-16(23-20-14)11-6-7-11/h1,3-4,9-11H,2,5-8,18H2,(H,19,22). The van der Waals surface area contributed by atoms with Gasteiger partial charge in [-0.25, -0.2) is 0 Å². The van der Waals surface area contributed by atoms with E-state index in [9.17, 15) is 9.59 Å². The first-order valence-electron chi connectivity index (χ1n) is 7.78. The zero-order valence-electron chi connectivity index (χ0n) is 12.7. The van der Waals surface area contributed by atoms with Crippen molar-refractivity contribution < 1.29 is 14.1 Å². The highest BCUT2D eigenvalue weighted by Crippen LogP contribution is 2.40. The number of carbonyl (C=O) groups excluding carboxylic acids is 2. The number of nitrogens with zero attached hydrogens (tertiary/aromatic N) is 1. The second-order valence-electron chi connectivity index (χ2n) is 5.74. The van der Waals surface area contributed by atoms with Crippen molar-refractivity contribution >= 4 is 17.4 Å². The van der Waals surface area contributed by atoms with Gasteiger partial charge in [0.25, 0.3) is 5.91 Å². The monoisotopic (exact) mass is 313 g/mol. The average molecular weight is 313 g/mol. The van der Waals surface area contributed by atoms with Gasteiger partial charge in [0.05, 0.1) is 0 Å². The number of anilines is 1. The fourth-order valence-corrected chi connectivity index (χ4v) is 2.33. The number of benzene rings is 1. The quantitative estimate of drug-likeness (QED) is 0.766. The molecule has 1 aromatic carbocycles. The number of nitrogens with one attached hydrogen (secondary N) is 1. The number of rotatable bonds is 7. The summed E-state index contributed by atoms with van der Waals surface area (Å²) < 4.78 is 5.18. The highest BCUT2D eigenvalue weighted by atomic mass is 16.5. The normalized spacial score (nSPS) is 13.8. The first kappa shape index (κ1) is 15.4. The maximum absolute atomic E-state index is 12.2. The van der Waals surface area contributed by atoms with Gasteiger partial charge in [-0.2, -0.15) is 0 Å². The van der Waals surface area contributed by atoms with Crippen LogP contribution < -0.4 is 11.1 Å². The fraction of sp³-hybridized carbons (Fsp3) is 0.353. The number of hydrogen-bond donors (Lipinski definition) is 2. The van der Waals surface area contributed by atoms with E-state index in [1.807, 2.05) is 0 Å². The van der Waals surface area contributed by atoms with Gasteiger partial charge in [-0.15, -0.1) is 0 Å². The highest BCUT2D eigenvalue weighted by molar-refractivity contribution is 6.04. The van der Waals surface area contributed by atoms with E-state index in [0.29, 0.717) is 36.6 Å². The van der Waals surface area contributed by atoms with Gasteiger partial charge in [0.15, 0.2) is 11.5 Å². The Balaban J connectivity index is 1.66. The van der Waals surface area contributed by atoms with Crippen molar-refractivity contribution in [3.05, 3.63) is 47.3 Å². The van der Waals surface area contributed by atoms with Crippen molar-refractivity contribution in [3.8, 4) is 0 Å². The van der Waals surface area contributed by atoms with Gasteiger partial charge in [0.1, 0.15) is 5.76 Å². The van der Waals surface area contributed by atoms with Gasteiger partial charge in [-0.3, -0.25) is 9.59 Å². The molecule has 1 heterocycles. The second-order valence-corrected chi connectivity index (χ2v) is 5.74. The Morgan fingerprint density at radius 2 is 2.13 bits per heavy atom. The van der Waals surface area contributed by atoms with Gasteiger partial charge in [0, 0.05) is 29.7 Å². The van der Waals surface area contributed by atoms with Gasteiger partial charge < -0.3 is 15.6 Å². The molecular weight excluding hydrogens is 294 g/mol. The summed E-state index contributed by atoms with van der Waals surface area (Å²) in [6, 6.07) is 8.56. The first-order chi connectivity index (χ1) is 11.2. The highest BCUT2D eigenvalue weighted by Gasteiger charge is 2.28. The number of ketones is 1. The molecule has 120 valence electrons. The molecule has 23 heavy (non-hydrogen) atoms. The van der Waals surface area contributed by atoms with Crippen LogP contribution in [0.3, 0.4) is 0 Å². The van der Waals surface area contributed by atoms with Gasteiger partial charge >= 0.3 is 0 Å². The molecule has 1 amide bonds. The van der Waals surface area contributed by atoms with Crippen LogP contribution in [0.2, 0.25) is 0 Å². The molecule has 6 heteroatoms. The number of carbonyl (C=O) groups is 2. The smallest absolute Gasteiger partial charge is 0.277 e. The summed E-state index contributed by atoms with van der Waals surface area (Å²) in [4.78, 5) is 24.2. The Bertz CT molecular complexity index is 719. The number of hydrogen-bond acceptors (Lipinski definition) is 5. The van der Waals surface area contributed by atoms with Crippen LogP contribution >= 0.6 is 0 Å². The van der Waals surface area contributed by atoms with Crippen LogP contribution in [0, 0.1) is 0 Å². The molecule has 3 N–H and O–H groups in total.